The average Bonchev–Trinajstić information content (AvgIpc) is 2.82. The Morgan fingerprint density at radius 2 is 1.94 bits per heavy atom. The summed E-state index contributed by atoms with van der Waals surface area (Å²) in [6, 6.07) is 7.23. The van der Waals surface area contributed by atoms with Crippen molar-refractivity contribution < 1.29 is 9.47 Å². The maximum atomic E-state index is 10.1. The molecule has 1 saturated heterocycles. The van der Waals surface area contributed by atoms with Crippen LogP contribution in [0.4, 0.5) is 0 Å². The molecule has 2 heterocycles. The summed E-state index contributed by atoms with van der Waals surface area (Å²) < 4.78 is 11.6. The lowest BCUT2D eigenvalue weighted by atomic mass is 9.74. The van der Waals surface area contributed by atoms with Gasteiger partial charge in [0.15, 0.2) is 11.5 Å². The van der Waals surface area contributed by atoms with Crippen LogP contribution in [0.15, 0.2) is 17.7 Å². The zero-order valence-electron chi connectivity index (χ0n) is 19.2. The fourth-order valence-corrected chi connectivity index (χ4v) is 5.61. The maximum absolute atomic E-state index is 10.1. The molecule has 4 rings (SSSR count). The third-order valence-electron chi connectivity index (χ3n) is 7.19. The predicted octanol–water partition coefficient (Wildman–Crippen LogP) is 5.22. The van der Waals surface area contributed by atoms with Gasteiger partial charge in [0.25, 0.3) is 0 Å². The van der Waals surface area contributed by atoms with E-state index in [9.17, 15) is 5.26 Å². The molecule has 0 aromatic heterocycles. The van der Waals surface area contributed by atoms with Crippen molar-refractivity contribution in [3.05, 3.63) is 28.8 Å². The molecule has 1 N–H and O–H groups in total. The quantitative estimate of drug-likeness (QED) is 0.609. The molecule has 0 bridgehead atoms. The Balaban J connectivity index is 1.65. The van der Waals surface area contributed by atoms with Gasteiger partial charge in [-0.1, -0.05) is 19.3 Å². The number of ether oxygens (including phenoxy) is 2. The molecule has 2 aliphatic heterocycles. The summed E-state index contributed by atoms with van der Waals surface area (Å²) in [7, 11) is 1.69. The average molecular weight is 424 g/mol. The molecule has 0 radical (unpaired) electrons. The third-order valence-corrected chi connectivity index (χ3v) is 7.19. The molecule has 1 aliphatic carbocycles. The Morgan fingerprint density at radius 1 is 1.13 bits per heavy atom. The molecule has 5 nitrogen and oxygen atoms in total. The molecule has 5 heteroatoms. The number of hydrogen-bond acceptors (Lipinski definition) is 5. The van der Waals surface area contributed by atoms with Crippen molar-refractivity contribution in [3.8, 4) is 17.6 Å². The van der Waals surface area contributed by atoms with E-state index in [1.54, 1.807) is 7.11 Å². The summed E-state index contributed by atoms with van der Waals surface area (Å²) in [5.74, 6) is 2.05. The van der Waals surface area contributed by atoms with Crippen molar-refractivity contribution in [2.24, 2.45) is 0 Å². The minimum Gasteiger partial charge on any atom is -0.493 e. The van der Waals surface area contributed by atoms with Crippen molar-refractivity contribution in [3.63, 3.8) is 0 Å². The van der Waals surface area contributed by atoms with Gasteiger partial charge in [-0.3, -0.25) is 0 Å². The van der Waals surface area contributed by atoms with Gasteiger partial charge in [0.05, 0.1) is 31.1 Å². The lowest BCUT2D eigenvalue weighted by molar-refractivity contribution is 0.226. The van der Waals surface area contributed by atoms with Gasteiger partial charge in [0, 0.05) is 17.5 Å². The highest BCUT2D eigenvalue weighted by atomic mass is 16.5. The molecule has 3 aliphatic rings. The largest absolute Gasteiger partial charge is 0.493 e. The smallest absolute Gasteiger partial charge is 0.161 e. The number of methoxy groups -OCH3 is 1. The van der Waals surface area contributed by atoms with E-state index < -0.39 is 0 Å². The van der Waals surface area contributed by atoms with Gasteiger partial charge in [0.1, 0.15) is 0 Å². The summed E-state index contributed by atoms with van der Waals surface area (Å²) in [4.78, 5) is 2.56. The molecular formula is C26H37N3O2. The SMILES string of the molecule is CCOc1cc2c(cc1OC)/C(=C(/C#N)CCCN1CCCCC1)NC1CCCCC21. The zero-order chi connectivity index (χ0) is 21.6. The number of likely N-dealkylation sites (tertiary alicyclic amines) is 1. The van der Waals surface area contributed by atoms with Crippen LogP contribution in [0.2, 0.25) is 0 Å². The standard InChI is InChI=1S/C26H37N3O2/c1-3-31-25-16-21-20-11-5-6-12-23(20)28-26(22(21)17-24(25)30-2)19(18-27)10-9-15-29-13-7-4-8-14-29/h16-17,20,23,28H,3-15H2,1-2H3/b26-19-. The van der Waals surface area contributed by atoms with Crippen LogP contribution in [0.25, 0.3) is 5.70 Å². The fourth-order valence-electron chi connectivity index (χ4n) is 5.61. The normalized spacial score (nSPS) is 24.9. The maximum Gasteiger partial charge on any atom is 0.161 e. The van der Waals surface area contributed by atoms with Gasteiger partial charge in [-0.15, -0.1) is 0 Å². The second-order valence-electron chi connectivity index (χ2n) is 9.14. The highest BCUT2D eigenvalue weighted by molar-refractivity contribution is 5.77. The molecule has 31 heavy (non-hydrogen) atoms. The highest BCUT2D eigenvalue weighted by Gasteiger charge is 2.35. The van der Waals surface area contributed by atoms with Gasteiger partial charge in [-0.2, -0.15) is 5.26 Å². The van der Waals surface area contributed by atoms with E-state index >= 15 is 0 Å². The fraction of sp³-hybridized carbons (Fsp3) is 0.654. The minimum atomic E-state index is 0.407. The lowest BCUT2D eigenvalue weighted by Gasteiger charge is -2.40. The van der Waals surface area contributed by atoms with E-state index in [4.69, 9.17) is 9.47 Å². The lowest BCUT2D eigenvalue weighted by Crippen LogP contribution is -2.41. The number of rotatable bonds is 7. The molecule has 2 fully saturated rings. The second-order valence-corrected chi connectivity index (χ2v) is 9.14. The molecule has 2 atom stereocenters. The molecule has 1 aromatic carbocycles. The van der Waals surface area contributed by atoms with Crippen molar-refractivity contribution >= 4 is 5.70 Å². The minimum absolute atomic E-state index is 0.407. The second kappa shape index (κ2) is 10.4. The van der Waals surface area contributed by atoms with Crippen LogP contribution in [0, 0.1) is 11.3 Å². The van der Waals surface area contributed by atoms with Crippen LogP contribution in [-0.2, 0) is 0 Å². The van der Waals surface area contributed by atoms with Gasteiger partial charge in [0.2, 0.25) is 0 Å². The van der Waals surface area contributed by atoms with Crippen LogP contribution in [0.3, 0.4) is 0 Å². The van der Waals surface area contributed by atoms with Crippen molar-refractivity contribution in [1.82, 2.24) is 10.2 Å². The molecule has 0 amide bonds. The number of nitrogens with one attached hydrogen (secondary N) is 1. The number of piperidine rings is 1. The van der Waals surface area contributed by atoms with E-state index in [-0.39, 0.29) is 0 Å². The van der Waals surface area contributed by atoms with Crippen LogP contribution in [0.1, 0.15) is 81.8 Å². The van der Waals surface area contributed by atoms with Crippen molar-refractivity contribution in [2.75, 3.05) is 33.4 Å². The Hall–Kier alpha value is -2.19. The van der Waals surface area contributed by atoms with Gasteiger partial charge >= 0.3 is 0 Å². The number of fused-ring (bicyclic) bond motifs is 3. The van der Waals surface area contributed by atoms with Gasteiger partial charge in [-0.05, 0) is 82.8 Å². The Kier molecular flexibility index (Phi) is 7.40. The summed E-state index contributed by atoms with van der Waals surface area (Å²) in [6.45, 7) is 6.13. The number of benzene rings is 1. The molecule has 1 saturated carbocycles. The summed E-state index contributed by atoms with van der Waals surface area (Å²) in [5.41, 5.74) is 4.37. The summed E-state index contributed by atoms with van der Waals surface area (Å²) in [5, 5.41) is 13.9. The zero-order valence-corrected chi connectivity index (χ0v) is 19.2. The third kappa shape index (κ3) is 4.85. The molecule has 0 spiro atoms. The van der Waals surface area contributed by atoms with Gasteiger partial charge in [-0.25, -0.2) is 0 Å². The Labute approximate surface area is 187 Å². The van der Waals surface area contributed by atoms with Crippen LogP contribution < -0.4 is 14.8 Å². The highest BCUT2D eigenvalue weighted by Crippen LogP contribution is 2.46. The predicted molar refractivity (Wildman–Crippen MR) is 124 cm³/mol. The van der Waals surface area contributed by atoms with Crippen LogP contribution in [0.5, 0.6) is 11.5 Å². The summed E-state index contributed by atoms with van der Waals surface area (Å²) in [6.07, 6.45) is 10.7. The van der Waals surface area contributed by atoms with E-state index in [1.165, 1.54) is 57.2 Å². The first-order chi connectivity index (χ1) is 15.2. The molecule has 1 aromatic rings. The van der Waals surface area contributed by atoms with E-state index in [0.717, 1.165) is 54.1 Å². The summed E-state index contributed by atoms with van der Waals surface area (Å²) >= 11 is 0. The molecule has 168 valence electrons. The van der Waals surface area contributed by atoms with Gasteiger partial charge < -0.3 is 19.7 Å². The molecular weight excluding hydrogens is 386 g/mol. The number of nitrogens with zero attached hydrogens (tertiary/aromatic N) is 2. The van der Waals surface area contributed by atoms with Crippen LogP contribution >= 0.6 is 0 Å². The number of allylic oxidation sites excluding steroid dienone is 1. The molecule has 2 unspecified atom stereocenters. The van der Waals surface area contributed by atoms with Crippen molar-refractivity contribution in [1.29, 1.82) is 5.26 Å². The van der Waals surface area contributed by atoms with E-state index in [0.29, 0.717) is 18.6 Å². The number of nitriles is 1. The first-order valence-corrected chi connectivity index (χ1v) is 12.2. The van der Waals surface area contributed by atoms with Crippen molar-refractivity contribution in [2.45, 2.75) is 76.7 Å². The topological polar surface area (TPSA) is 57.5 Å². The van der Waals surface area contributed by atoms with E-state index in [2.05, 4.69) is 28.4 Å². The Bertz CT molecular complexity index is 836. The Morgan fingerprint density at radius 3 is 2.68 bits per heavy atom. The van der Waals surface area contributed by atoms with E-state index in [1.807, 2.05) is 6.92 Å². The first-order valence-electron chi connectivity index (χ1n) is 12.2. The number of hydrogen-bond donors (Lipinski definition) is 1. The monoisotopic (exact) mass is 423 g/mol. The first kappa shape index (κ1) is 22.0. The van der Waals surface area contributed by atoms with Crippen LogP contribution in [-0.4, -0.2) is 44.3 Å².